The molecule has 0 aromatic heterocycles. The van der Waals surface area contributed by atoms with E-state index < -0.39 is 34.6 Å². The van der Waals surface area contributed by atoms with Gasteiger partial charge in [-0.15, -0.1) is 0 Å². The smallest absolute Gasteiger partial charge is 0.341 e. The van der Waals surface area contributed by atoms with E-state index in [4.69, 9.17) is 10.8 Å². The van der Waals surface area contributed by atoms with Gasteiger partial charge in [-0.2, -0.15) is 0 Å². The number of halogens is 2. The lowest BCUT2D eigenvalue weighted by molar-refractivity contribution is 0.0594. The molecule has 0 heterocycles. The van der Waals surface area contributed by atoms with Gasteiger partial charge in [-0.25, -0.2) is 13.6 Å². The zero-order valence-corrected chi connectivity index (χ0v) is 7.17. The molecule has 0 unspecified atom stereocenters. The van der Waals surface area contributed by atoms with Crippen LogP contribution in [-0.2, 0) is 4.74 Å². The maximum atomic E-state index is 13.0. The van der Waals surface area contributed by atoms with Crippen molar-refractivity contribution in [2.45, 2.75) is 0 Å². The lowest BCUT2D eigenvalue weighted by Gasteiger charge is -2.05. The fourth-order valence-electron chi connectivity index (χ4n) is 0.901. The molecule has 0 aliphatic carbocycles. The summed E-state index contributed by atoms with van der Waals surface area (Å²) in [5.74, 6) is -5.01. The predicted molar refractivity (Wildman–Crippen MR) is 43.8 cm³/mol. The topological polar surface area (TPSA) is 72.5 Å². The van der Waals surface area contributed by atoms with E-state index in [2.05, 4.69) is 4.74 Å². The summed E-state index contributed by atoms with van der Waals surface area (Å²) in [6.07, 6.45) is 0. The van der Waals surface area contributed by atoms with Crippen LogP contribution in [0.1, 0.15) is 10.4 Å². The minimum atomic E-state index is -1.39. The van der Waals surface area contributed by atoms with Gasteiger partial charge in [0.15, 0.2) is 17.4 Å². The summed E-state index contributed by atoms with van der Waals surface area (Å²) in [5.41, 5.74) is 3.94. The molecular formula is C8H7F2NO3. The molecule has 0 saturated carbocycles. The predicted octanol–water partition coefficient (Wildman–Crippen LogP) is 1.04. The van der Waals surface area contributed by atoms with E-state index in [0.29, 0.717) is 0 Å². The van der Waals surface area contributed by atoms with Gasteiger partial charge in [0.25, 0.3) is 0 Å². The number of nitrogens with two attached hydrogens (primary N) is 1. The first-order valence-electron chi connectivity index (χ1n) is 3.53. The molecule has 0 aliphatic heterocycles. The van der Waals surface area contributed by atoms with Gasteiger partial charge in [0.05, 0.1) is 12.8 Å². The Balaban J connectivity index is 3.40. The number of methoxy groups -OCH3 is 1. The Bertz CT molecular complexity index is 393. The van der Waals surface area contributed by atoms with Gasteiger partial charge in [-0.1, -0.05) is 0 Å². The third kappa shape index (κ3) is 1.46. The molecule has 0 radical (unpaired) electrons. The van der Waals surface area contributed by atoms with Crippen molar-refractivity contribution in [2.75, 3.05) is 12.8 Å². The number of esters is 1. The molecule has 6 heteroatoms. The summed E-state index contributed by atoms with van der Waals surface area (Å²) >= 11 is 0. The maximum absolute atomic E-state index is 13.0. The Morgan fingerprint density at radius 1 is 1.50 bits per heavy atom. The van der Waals surface area contributed by atoms with Crippen molar-refractivity contribution in [3.63, 3.8) is 0 Å². The molecule has 0 amide bonds. The van der Waals surface area contributed by atoms with Crippen LogP contribution in [0.15, 0.2) is 6.07 Å². The Morgan fingerprint density at radius 3 is 2.57 bits per heavy atom. The number of phenols is 1. The fourth-order valence-corrected chi connectivity index (χ4v) is 0.901. The van der Waals surface area contributed by atoms with E-state index >= 15 is 0 Å². The first-order valence-corrected chi connectivity index (χ1v) is 3.53. The van der Waals surface area contributed by atoms with Gasteiger partial charge in [0.2, 0.25) is 0 Å². The summed E-state index contributed by atoms with van der Waals surface area (Å²) in [6, 6.07) is 0.760. The number of benzene rings is 1. The standard InChI is InChI=1S/C8H7F2NO3/c1-14-8(13)3-2-4(11)6(10)7(12)5(3)9/h2,12H,11H2,1H3. The van der Waals surface area contributed by atoms with Crippen molar-refractivity contribution in [1.29, 1.82) is 0 Å². The highest BCUT2D eigenvalue weighted by atomic mass is 19.1. The van der Waals surface area contributed by atoms with Crippen LogP contribution in [0.4, 0.5) is 14.5 Å². The van der Waals surface area contributed by atoms with Crippen LogP contribution in [0.25, 0.3) is 0 Å². The number of ether oxygens (including phenoxy) is 1. The summed E-state index contributed by atoms with van der Waals surface area (Å²) in [5, 5.41) is 8.87. The largest absolute Gasteiger partial charge is 0.503 e. The SMILES string of the molecule is COC(=O)c1cc(N)c(F)c(O)c1F. The summed E-state index contributed by atoms with van der Waals surface area (Å²) in [4.78, 5) is 10.9. The van der Waals surface area contributed by atoms with Crippen LogP contribution in [0, 0.1) is 11.6 Å². The van der Waals surface area contributed by atoms with E-state index in [0.717, 1.165) is 13.2 Å². The van der Waals surface area contributed by atoms with Crippen molar-refractivity contribution in [2.24, 2.45) is 0 Å². The third-order valence-corrected chi connectivity index (χ3v) is 1.61. The molecule has 14 heavy (non-hydrogen) atoms. The van der Waals surface area contributed by atoms with E-state index in [1.165, 1.54) is 0 Å². The van der Waals surface area contributed by atoms with Gasteiger partial charge >= 0.3 is 5.97 Å². The van der Waals surface area contributed by atoms with Gasteiger partial charge in [-0.05, 0) is 6.07 Å². The molecule has 0 atom stereocenters. The lowest BCUT2D eigenvalue weighted by Crippen LogP contribution is -2.07. The summed E-state index contributed by atoms with van der Waals surface area (Å²) in [6.45, 7) is 0. The Hall–Kier alpha value is -1.85. The monoisotopic (exact) mass is 203 g/mol. The van der Waals surface area contributed by atoms with E-state index in [1.807, 2.05) is 0 Å². The molecule has 0 fully saturated rings. The minimum absolute atomic E-state index is 0.524. The number of carbonyl (C=O) groups is 1. The molecule has 4 nitrogen and oxygen atoms in total. The molecule has 1 aromatic carbocycles. The second kappa shape index (κ2) is 3.49. The van der Waals surface area contributed by atoms with Gasteiger partial charge in [0, 0.05) is 0 Å². The molecule has 1 rings (SSSR count). The van der Waals surface area contributed by atoms with E-state index in [9.17, 15) is 13.6 Å². The Morgan fingerprint density at radius 2 is 2.07 bits per heavy atom. The van der Waals surface area contributed by atoms with E-state index in [1.54, 1.807) is 0 Å². The number of hydrogen-bond acceptors (Lipinski definition) is 4. The first-order chi connectivity index (χ1) is 6.49. The maximum Gasteiger partial charge on any atom is 0.341 e. The molecule has 0 aliphatic rings. The normalized spacial score (nSPS) is 9.93. The molecule has 0 spiro atoms. The van der Waals surface area contributed by atoms with Crippen molar-refractivity contribution < 1.29 is 23.4 Å². The van der Waals surface area contributed by atoms with Crippen LogP contribution in [-0.4, -0.2) is 18.2 Å². The lowest BCUT2D eigenvalue weighted by atomic mass is 10.1. The Labute approximate surface area is 77.9 Å². The van der Waals surface area contributed by atoms with Crippen LogP contribution in [0.3, 0.4) is 0 Å². The zero-order chi connectivity index (χ0) is 10.9. The van der Waals surface area contributed by atoms with Crippen LogP contribution < -0.4 is 5.73 Å². The molecule has 76 valence electrons. The van der Waals surface area contributed by atoms with Crippen molar-refractivity contribution >= 4 is 11.7 Å². The first kappa shape index (κ1) is 10.2. The molecule has 3 N–H and O–H groups in total. The zero-order valence-electron chi connectivity index (χ0n) is 7.17. The number of rotatable bonds is 1. The number of carbonyl (C=O) groups excluding carboxylic acids is 1. The van der Waals surface area contributed by atoms with Gasteiger partial charge < -0.3 is 15.6 Å². The molecular weight excluding hydrogens is 196 g/mol. The third-order valence-electron chi connectivity index (χ3n) is 1.61. The number of nitrogen functional groups attached to an aromatic ring is 1. The van der Waals surface area contributed by atoms with E-state index in [-0.39, 0.29) is 0 Å². The number of phenolic OH excluding ortho intramolecular Hbond substituents is 1. The molecule has 0 bridgehead atoms. The van der Waals surface area contributed by atoms with Crippen molar-refractivity contribution in [3.8, 4) is 5.75 Å². The number of anilines is 1. The average molecular weight is 203 g/mol. The van der Waals surface area contributed by atoms with Crippen LogP contribution in [0.5, 0.6) is 5.75 Å². The number of aromatic hydroxyl groups is 1. The number of hydrogen-bond donors (Lipinski definition) is 2. The average Bonchev–Trinajstić information content (AvgIpc) is 2.19. The van der Waals surface area contributed by atoms with Gasteiger partial charge in [-0.3, -0.25) is 0 Å². The second-order valence-corrected chi connectivity index (χ2v) is 2.48. The second-order valence-electron chi connectivity index (χ2n) is 2.48. The minimum Gasteiger partial charge on any atom is -0.503 e. The summed E-state index contributed by atoms with van der Waals surface area (Å²) in [7, 11) is 1.03. The van der Waals surface area contributed by atoms with Crippen molar-refractivity contribution in [3.05, 3.63) is 23.3 Å². The fraction of sp³-hybridized carbons (Fsp3) is 0.125. The summed E-state index contributed by atoms with van der Waals surface area (Å²) < 4.78 is 30.0. The Kier molecular flexibility index (Phi) is 2.55. The van der Waals surface area contributed by atoms with Crippen LogP contribution in [0.2, 0.25) is 0 Å². The highest BCUT2D eigenvalue weighted by Crippen LogP contribution is 2.28. The highest BCUT2D eigenvalue weighted by molar-refractivity contribution is 5.91. The molecule has 1 aromatic rings. The van der Waals surface area contributed by atoms with Crippen LogP contribution >= 0.6 is 0 Å². The van der Waals surface area contributed by atoms with Crippen molar-refractivity contribution in [1.82, 2.24) is 0 Å². The quantitative estimate of drug-likeness (QED) is 0.528. The molecule has 0 saturated heterocycles. The highest BCUT2D eigenvalue weighted by Gasteiger charge is 2.21. The van der Waals surface area contributed by atoms with Gasteiger partial charge in [0.1, 0.15) is 5.56 Å².